The van der Waals surface area contributed by atoms with Crippen molar-refractivity contribution in [1.29, 1.82) is 0 Å². The van der Waals surface area contributed by atoms with E-state index in [2.05, 4.69) is 24.4 Å². The van der Waals surface area contributed by atoms with Gasteiger partial charge in [-0.15, -0.1) is 0 Å². The van der Waals surface area contributed by atoms with E-state index in [9.17, 15) is 4.79 Å². The molecule has 3 heteroatoms. The van der Waals surface area contributed by atoms with E-state index in [0.29, 0.717) is 13.2 Å². The Morgan fingerprint density at radius 2 is 2.11 bits per heavy atom. The first-order valence-electron chi connectivity index (χ1n) is 6.57. The highest BCUT2D eigenvalue weighted by Gasteiger charge is 2.30. The van der Waals surface area contributed by atoms with Crippen molar-refractivity contribution in [1.82, 2.24) is 5.32 Å². The minimum atomic E-state index is 0.0879. The third-order valence-electron chi connectivity index (χ3n) is 3.64. The van der Waals surface area contributed by atoms with Crippen molar-refractivity contribution in [2.24, 2.45) is 5.92 Å². The molecule has 0 aromatic heterocycles. The summed E-state index contributed by atoms with van der Waals surface area (Å²) in [6.07, 6.45) is 0.828. The van der Waals surface area contributed by atoms with E-state index in [1.165, 1.54) is 5.56 Å². The minimum Gasteiger partial charge on any atom is -0.380 e. The summed E-state index contributed by atoms with van der Waals surface area (Å²) < 4.78 is 5.48. The molecule has 0 spiro atoms. The lowest BCUT2D eigenvalue weighted by Crippen LogP contribution is -2.47. The monoisotopic (exact) mass is 247 g/mol. The standard InChI is InChI=1S/C15H21NO2/c1-11(13-6-4-3-5-7-13)16-15-10-18-9-8-14(15)12(2)17/h3-7,11,14-16H,8-10H2,1-2H3/t11-,14+,15-/m1/s1. The van der Waals surface area contributed by atoms with Crippen molar-refractivity contribution in [3.63, 3.8) is 0 Å². The number of benzene rings is 1. The zero-order valence-corrected chi connectivity index (χ0v) is 11.1. The fourth-order valence-corrected chi connectivity index (χ4v) is 2.55. The van der Waals surface area contributed by atoms with Gasteiger partial charge in [-0.05, 0) is 25.8 Å². The molecule has 1 aliphatic rings. The van der Waals surface area contributed by atoms with Gasteiger partial charge in [0.1, 0.15) is 5.78 Å². The van der Waals surface area contributed by atoms with Crippen LogP contribution >= 0.6 is 0 Å². The zero-order valence-electron chi connectivity index (χ0n) is 11.1. The molecule has 1 saturated heterocycles. The van der Waals surface area contributed by atoms with Crippen molar-refractivity contribution in [2.45, 2.75) is 32.4 Å². The van der Waals surface area contributed by atoms with E-state index in [-0.39, 0.29) is 23.8 Å². The number of Topliss-reactive ketones (excluding diaryl/α,β-unsaturated/α-hetero) is 1. The van der Waals surface area contributed by atoms with E-state index in [1.54, 1.807) is 6.92 Å². The summed E-state index contributed by atoms with van der Waals surface area (Å²) in [7, 11) is 0. The Morgan fingerprint density at radius 3 is 2.78 bits per heavy atom. The Hall–Kier alpha value is -1.19. The van der Waals surface area contributed by atoms with Crippen LogP contribution in [0.3, 0.4) is 0 Å². The first-order chi connectivity index (χ1) is 8.68. The molecule has 0 unspecified atom stereocenters. The number of ketones is 1. The molecule has 1 fully saturated rings. The largest absolute Gasteiger partial charge is 0.380 e. The van der Waals surface area contributed by atoms with Gasteiger partial charge in [-0.3, -0.25) is 4.79 Å². The fourth-order valence-electron chi connectivity index (χ4n) is 2.55. The maximum absolute atomic E-state index is 11.6. The Kier molecular flexibility index (Phi) is 4.50. The molecule has 0 saturated carbocycles. The van der Waals surface area contributed by atoms with Crippen molar-refractivity contribution in [2.75, 3.05) is 13.2 Å². The van der Waals surface area contributed by atoms with E-state index in [1.807, 2.05) is 18.2 Å². The summed E-state index contributed by atoms with van der Waals surface area (Å²) in [6, 6.07) is 10.7. The lowest BCUT2D eigenvalue weighted by Gasteiger charge is -2.33. The average molecular weight is 247 g/mol. The maximum Gasteiger partial charge on any atom is 0.134 e. The van der Waals surface area contributed by atoms with Gasteiger partial charge in [-0.25, -0.2) is 0 Å². The second-order valence-corrected chi connectivity index (χ2v) is 4.99. The molecule has 3 atom stereocenters. The van der Waals surface area contributed by atoms with Gasteiger partial charge in [0, 0.05) is 24.6 Å². The van der Waals surface area contributed by atoms with E-state index in [0.717, 1.165) is 6.42 Å². The lowest BCUT2D eigenvalue weighted by atomic mass is 9.90. The molecule has 18 heavy (non-hydrogen) atoms. The summed E-state index contributed by atoms with van der Waals surface area (Å²) >= 11 is 0. The van der Waals surface area contributed by atoms with Crippen LogP contribution in [0.1, 0.15) is 31.9 Å². The first-order valence-corrected chi connectivity index (χ1v) is 6.57. The number of ether oxygens (including phenoxy) is 1. The molecule has 2 rings (SSSR count). The molecule has 1 aliphatic heterocycles. The molecule has 0 amide bonds. The van der Waals surface area contributed by atoms with Crippen molar-refractivity contribution in [3.05, 3.63) is 35.9 Å². The van der Waals surface area contributed by atoms with Crippen LogP contribution in [0.5, 0.6) is 0 Å². The minimum absolute atomic E-state index is 0.0879. The SMILES string of the molecule is CC(=O)[C@@H]1CCOC[C@H]1N[C@H](C)c1ccccc1. The lowest BCUT2D eigenvalue weighted by molar-refractivity contribution is -0.125. The van der Waals surface area contributed by atoms with Gasteiger partial charge in [-0.1, -0.05) is 30.3 Å². The average Bonchev–Trinajstić information content (AvgIpc) is 2.40. The van der Waals surface area contributed by atoms with Crippen LogP contribution in [0, 0.1) is 5.92 Å². The number of carbonyl (C=O) groups excluding carboxylic acids is 1. The summed E-state index contributed by atoms with van der Waals surface area (Å²) in [5, 5.41) is 3.52. The smallest absolute Gasteiger partial charge is 0.134 e. The van der Waals surface area contributed by atoms with Crippen LogP contribution in [0.4, 0.5) is 0 Å². The molecular weight excluding hydrogens is 226 g/mol. The van der Waals surface area contributed by atoms with Crippen LogP contribution in [-0.2, 0) is 9.53 Å². The van der Waals surface area contributed by atoms with Crippen LogP contribution in [0.15, 0.2) is 30.3 Å². The highest BCUT2D eigenvalue weighted by molar-refractivity contribution is 5.79. The van der Waals surface area contributed by atoms with Gasteiger partial charge in [0.15, 0.2) is 0 Å². The molecule has 98 valence electrons. The maximum atomic E-state index is 11.6. The normalized spacial score (nSPS) is 25.7. The van der Waals surface area contributed by atoms with Crippen LogP contribution in [0.25, 0.3) is 0 Å². The van der Waals surface area contributed by atoms with Crippen molar-refractivity contribution < 1.29 is 9.53 Å². The van der Waals surface area contributed by atoms with Gasteiger partial charge in [0.25, 0.3) is 0 Å². The first kappa shape index (κ1) is 13.2. The van der Waals surface area contributed by atoms with Gasteiger partial charge in [-0.2, -0.15) is 0 Å². The second kappa shape index (κ2) is 6.12. The van der Waals surface area contributed by atoms with Gasteiger partial charge in [0.2, 0.25) is 0 Å². The summed E-state index contributed by atoms with van der Waals surface area (Å²) in [5.74, 6) is 0.348. The number of rotatable bonds is 4. The van der Waals surface area contributed by atoms with Crippen LogP contribution in [-0.4, -0.2) is 25.0 Å². The number of carbonyl (C=O) groups is 1. The van der Waals surface area contributed by atoms with E-state index >= 15 is 0 Å². The molecule has 3 nitrogen and oxygen atoms in total. The predicted molar refractivity (Wildman–Crippen MR) is 71.4 cm³/mol. The molecule has 0 radical (unpaired) electrons. The second-order valence-electron chi connectivity index (χ2n) is 4.99. The van der Waals surface area contributed by atoms with Gasteiger partial charge in [0.05, 0.1) is 6.61 Å². The predicted octanol–water partition coefficient (Wildman–Crippen LogP) is 2.33. The Morgan fingerprint density at radius 1 is 1.39 bits per heavy atom. The van der Waals surface area contributed by atoms with Crippen molar-refractivity contribution >= 4 is 5.78 Å². The molecule has 0 bridgehead atoms. The zero-order chi connectivity index (χ0) is 13.0. The highest BCUT2D eigenvalue weighted by atomic mass is 16.5. The number of hydrogen-bond donors (Lipinski definition) is 1. The third-order valence-corrected chi connectivity index (χ3v) is 3.64. The Balaban J connectivity index is 2.01. The molecule has 0 aliphatic carbocycles. The van der Waals surface area contributed by atoms with E-state index in [4.69, 9.17) is 4.74 Å². The van der Waals surface area contributed by atoms with Crippen LogP contribution in [0.2, 0.25) is 0 Å². The Labute approximate surface area is 109 Å². The molecular formula is C15H21NO2. The molecule has 1 aromatic rings. The molecule has 1 heterocycles. The Bertz CT molecular complexity index is 391. The van der Waals surface area contributed by atoms with Gasteiger partial charge < -0.3 is 10.1 Å². The van der Waals surface area contributed by atoms with Crippen molar-refractivity contribution in [3.8, 4) is 0 Å². The molecule has 1 aromatic carbocycles. The summed E-state index contributed by atoms with van der Waals surface area (Å²) in [6.45, 7) is 5.13. The van der Waals surface area contributed by atoms with Crippen LogP contribution < -0.4 is 5.32 Å². The third kappa shape index (κ3) is 3.18. The summed E-state index contributed by atoms with van der Waals surface area (Å²) in [5.41, 5.74) is 1.24. The van der Waals surface area contributed by atoms with E-state index < -0.39 is 0 Å². The quantitative estimate of drug-likeness (QED) is 0.887. The molecule has 1 N–H and O–H groups in total. The fraction of sp³-hybridized carbons (Fsp3) is 0.533. The van der Waals surface area contributed by atoms with Gasteiger partial charge >= 0.3 is 0 Å². The number of hydrogen-bond acceptors (Lipinski definition) is 3. The summed E-state index contributed by atoms with van der Waals surface area (Å²) in [4.78, 5) is 11.6. The highest BCUT2D eigenvalue weighted by Crippen LogP contribution is 2.20. The number of nitrogens with one attached hydrogen (secondary N) is 1. The topological polar surface area (TPSA) is 38.3 Å².